The molecule has 0 saturated carbocycles. The van der Waals surface area contributed by atoms with Crippen LogP contribution in [0, 0.1) is 0 Å². The highest BCUT2D eigenvalue weighted by Crippen LogP contribution is 2.33. The van der Waals surface area contributed by atoms with Crippen LogP contribution in [0.5, 0.6) is 5.75 Å². The normalized spacial score (nSPS) is 13.7. The van der Waals surface area contributed by atoms with Crippen LogP contribution in [0.3, 0.4) is 0 Å². The van der Waals surface area contributed by atoms with Crippen LogP contribution in [0.15, 0.2) is 48.5 Å². The number of para-hydroxylation sites is 1. The SMILES string of the molecule is COc1ccc(Nc2nc(CC(C)NCCCCCNc3c4c(nc5ccccc35)CCCC4)ns2)cc1. The lowest BCUT2D eigenvalue weighted by molar-refractivity contribution is 0.415. The molecule has 0 amide bonds. The highest BCUT2D eigenvalue weighted by Gasteiger charge is 2.17. The van der Waals surface area contributed by atoms with Gasteiger partial charge in [-0.25, -0.2) is 4.98 Å². The van der Waals surface area contributed by atoms with E-state index >= 15 is 0 Å². The Kier molecular flexibility index (Phi) is 9.04. The van der Waals surface area contributed by atoms with Crippen molar-refractivity contribution >= 4 is 38.9 Å². The highest BCUT2D eigenvalue weighted by atomic mass is 32.1. The van der Waals surface area contributed by atoms with Gasteiger partial charge in [-0.15, -0.1) is 0 Å². The molecule has 2 aromatic heterocycles. The first kappa shape index (κ1) is 26.4. The van der Waals surface area contributed by atoms with Crippen LogP contribution in [0.1, 0.15) is 56.1 Å². The van der Waals surface area contributed by atoms with Gasteiger partial charge in [-0.2, -0.15) is 4.37 Å². The number of anilines is 3. The van der Waals surface area contributed by atoms with E-state index in [1.54, 1.807) is 7.11 Å². The van der Waals surface area contributed by atoms with Crippen molar-refractivity contribution in [3.63, 3.8) is 0 Å². The van der Waals surface area contributed by atoms with Crippen molar-refractivity contribution < 1.29 is 4.74 Å². The lowest BCUT2D eigenvalue weighted by atomic mass is 9.92. The van der Waals surface area contributed by atoms with Gasteiger partial charge in [-0.05, 0) is 87.9 Å². The molecule has 38 heavy (non-hydrogen) atoms. The summed E-state index contributed by atoms with van der Waals surface area (Å²) in [4.78, 5) is 9.60. The summed E-state index contributed by atoms with van der Waals surface area (Å²) in [6.07, 6.45) is 9.11. The van der Waals surface area contributed by atoms with Gasteiger partial charge in [-0.1, -0.05) is 24.6 Å². The molecule has 0 bridgehead atoms. The molecule has 0 radical (unpaired) electrons. The van der Waals surface area contributed by atoms with Gasteiger partial charge in [0.25, 0.3) is 0 Å². The summed E-state index contributed by atoms with van der Waals surface area (Å²) in [6, 6.07) is 16.7. The lowest BCUT2D eigenvalue weighted by Crippen LogP contribution is -2.29. The minimum absolute atomic E-state index is 0.339. The van der Waals surface area contributed by atoms with E-state index in [1.807, 2.05) is 24.3 Å². The van der Waals surface area contributed by atoms with Gasteiger partial charge in [0.15, 0.2) is 0 Å². The number of nitrogens with zero attached hydrogens (tertiary/aromatic N) is 3. The van der Waals surface area contributed by atoms with Crippen molar-refractivity contribution in [2.75, 3.05) is 30.8 Å². The fraction of sp³-hybridized carbons (Fsp3) is 0.433. The average Bonchev–Trinajstić information content (AvgIpc) is 3.38. The number of pyridine rings is 1. The molecule has 7 nitrogen and oxygen atoms in total. The molecule has 3 N–H and O–H groups in total. The lowest BCUT2D eigenvalue weighted by Gasteiger charge is -2.21. The molecule has 200 valence electrons. The van der Waals surface area contributed by atoms with Gasteiger partial charge >= 0.3 is 0 Å². The Bertz CT molecular complexity index is 1320. The van der Waals surface area contributed by atoms with Crippen molar-refractivity contribution in [3.8, 4) is 5.75 Å². The molecule has 1 aliphatic rings. The third-order valence-electron chi connectivity index (χ3n) is 7.12. The largest absolute Gasteiger partial charge is 0.497 e. The first-order chi connectivity index (χ1) is 18.7. The Morgan fingerprint density at radius 3 is 2.63 bits per heavy atom. The van der Waals surface area contributed by atoms with Crippen molar-refractivity contribution in [2.24, 2.45) is 0 Å². The van der Waals surface area contributed by atoms with Crippen molar-refractivity contribution in [1.29, 1.82) is 0 Å². The zero-order valence-electron chi connectivity index (χ0n) is 22.4. The van der Waals surface area contributed by atoms with E-state index in [1.165, 1.54) is 53.1 Å². The quantitative estimate of drug-likeness (QED) is 0.170. The van der Waals surface area contributed by atoms with E-state index in [2.05, 4.69) is 56.5 Å². The summed E-state index contributed by atoms with van der Waals surface area (Å²) >= 11 is 1.40. The maximum atomic E-state index is 5.21. The Labute approximate surface area is 229 Å². The Balaban J connectivity index is 1.01. The monoisotopic (exact) mass is 530 g/mol. The minimum Gasteiger partial charge on any atom is -0.497 e. The maximum Gasteiger partial charge on any atom is 0.207 e. The number of nitrogens with one attached hydrogen (secondary N) is 3. The molecule has 1 aliphatic carbocycles. The molecule has 0 saturated heterocycles. The van der Waals surface area contributed by atoms with Crippen molar-refractivity contribution in [1.82, 2.24) is 19.7 Å². The molecule has 1 atom stereocenters. The van der Waals surface area contributed by atoms with Crippen LogP contribution < -0.4 is 20.7 Å². The first-order valence-electron chi connectivity index (χ1n) is 13.8. The molecular weight excluding hydrogens is 492 g/mol. The second-order valence-corrected chi connectivity index (χ2v) is 10.8. The molecule has 2 aromatic carbocycles. The number of hydrogen-bond acceptors (Lipinski definition) is 8. The van der Waals surface area contributed by atoms with Crippen LogP contribution in [-0.2, 0) is 19.3 Å². The van der Waals surface area contributed by atoms with Crippen LogP contribution >= 0.6 is 11.5 Å². The molecule has 1 unspecified atom stereocenters. The van der Waals surface area contributed by atoms with E-state index in [4.69, 9.17) is 9.72 Å². The molecule has 0 aliphatic heterocycles. The van der Waals surface area contributed by atoms with Crippen LogP contribution in [0.2, 0.25) is 0 Å². The van der Waals surface area contributed by atoms with Gasteiger partial charge < -0.3 is 20.7 Å². The second kappa shape index (κ2) is 13.0. The number of ether oxygens (including phenoxy) is 1. The summed E-state index contributed by atoms with van der Waals surface area (Å²) in [7, 11) is 1.67. The number of methoxy groups -OCH3 is 1. The van der Waals surface area contributed by atoms with Crippen LogP contribution in [-0.4, -0.2) is 40.6 Å². The minimum atomic E-state index is 0.339. The summed E-state index contributed by atoms with van der Waals surface area (Å²) < 4.78 is 9.74. The highest BCUT2D eigenvalue weighted by molar-refractivity contribution is 7.09. The van der Waals surface area contributed by atoms with Gasteiger partial charge in [0.05, 0.1) is 12.6 Å². The smallest absolute Gasteiger partial charge is 0.207 e. The number of rotatable bonds is 13. The zero-order chi connectivity index (χ0) is 26.2. The summed E-state index contributed by atoms with van der Waals surface area (Å²) in [6.45, 7) is 4.22. The van der Waals surface area contributed by atoms with Gasteiger partial charge in [-0.3, -0.25) is 4.98 Å². The first-order valence-corrected chi connectivity index (χ1v) is 14.6. The maximum absolute atomic E-state index is 5.21. The number of benzene rings is 2. The standard InChI is InChI=1S/C30H38N6OS/c1-21(20-28-35-30(38-36-28)33-22-14-16-23(37-2)17-15-22)31-18-8-3-9-19-32-29-24-10-4-6-12-26(24)34-27-13-7-5-11-25(27)29/h4,6,10,12,14-17,21,31H,3,5,7-9,11,13,18-20H2,1-2H3,(H,32,34)(H,33,35,36). The number of aromatic nitrogens is 3. The third-order valence-corrected chi connectivity index (χ3v) is 7.78. The molecule has 5 rings (SSSR count). The topological polar surface area (TPSA) is 84.0 Å². The number of fused-ring (bicyclic) bond motifs is 2. The van der Waals surface area contributed by atoms with Gasteiger partial charge in [0.1, 0.15) is 11.6 Å². The summed E-state index contributed by atoms with van der Waals surface area (Å²) in [5, 5.41) is 12.8. The van der Waals surface area contributed by atoms with E-state index in [0.717, 1.165) is 73.1 Å². The van der Waals surface area contributed by atoms with Gasteiger partial charge in [0, 0.05) is 53.0 Å². The Morgan fingerprint density at radius 2 is 1.76 bits per heavy atom. The van der Waals surface area contributed by atoms with Crippen LogP contribution in [0.4, 0.5) is 16.5 Å². The zero-order valence-corrected chi connectivity index (χ0v) is 23.2. The third kappa shape index (κ3) is 6.79. The summed E-state index contributed by atoms with van der Waals surface area (Å²) in [5.41, 5.74) is 6.17. The van der Waals surface area contributed by atoms with E-state index in [0.29, 0.717) is 6.04 Å². The Hall–Kier alpha value is -3.23. The fourth-order valence-corrected chi connectivity index (χ4v) is 5.71. The predicted octanol–water partition coefficient (Wildman–Crippen LogP) is 6.52. The van der Waals surface area contributed by atoms with Crippen molar-refractivity contribution in [2.45, 2.75) is 64.3 Å². The molecular formula is C30H38N6OS. The number of aryl methyl sites for hydroxylation is 1. The second-order valence-electron chi connectivity index (χ2n) is 10.1. The summed E-state index contributed by atoms with van der Waals surface area (Å²) in [5.74, 6) is 1.72. The fourth-order valence-electron chi connectivity index (χ4n) is 5.09. The van der Waals surface area contributed by atoms with E-state index in [9.17, 15) is 0 Å². The number of hydrogen-bond donors (Lipinski definition) is 3. The van der Waals surface area contributed by atoms with Crippen LogP contribution in [0.25, 0.3) is 10.9 Å². The van der Waals surface area contributed by atoms with Crippen molar-refractivity contribution in [3.05, 3.63) is 65.6 Å². The average molecular weight is 531 g/mol. The van der Waals surface area contributed by atoms with Gasteiger partial charge in [0.2, 0.25) is 5.13 Å². The molecule has 8 heteroatoms. The van der Waals surface area contributed by atoms with E-state index < -0.39 is 0 Å². The Morgan fingerprint density at radius 1 is 0.947 bits per heavy atom. The molecule has 4 aromatic rings. The van der Waals surface area contributed by atoms with E-state index in [-0.39, 0.29) is 0 Å². The predicted molar refractivity (Wildman–Crippen MR) is 158 cm³/mol. The molecule has 2 heterocycles. The number of unbranched alkanes of at least 4 members (excludes halogenated alkanes) is 2. The molecule has 0 fully saturated rings. The molecule has 0 spiro atoms.